The Morgan fingerprint density at radius 1 is 1.00 bits per heavy atom. The maximum atomic E-state index is 10.6. The number of anilines is 2. The summed E-state index contributed by atoms with van der Waals surface area (Å²) in [6.45, 7) is 0. The highest BCUT2D eigenvalue weighted by Gasteiger charge is 2.38. The van der Waals surface area contributed by atoms with Crippen molar-refractivity contribution in [1.82, 2.24) is 14.5 Å². The number of carboxylic acid groups (broad SMARTS) is 1. The van der Waals surface area contributed by atoms with Gasteiger partial charge in [-0.2, -0.15) is 18.2 Å². The Kier molecular flexibility index (Phi) is 5.28. The maximum absolute atomic E-state index is 10.6. The Bertz CT molecular complexity index is 1530. The molecule has 168 valence electrons. The third-order valence-corrected chi connectivity index (χ3v) is 5.16. The standard InChI is InChI=1S/C21H17N5.C2HF3O2/c1-26-9-8-15-18-17(24-21(23)25-20(18)22)11-16(19(15)26)14-7-6-12-4-2-3-5-13(12)10-14;3-2(4,5)1(6)7/h2-11H,1H3,(H4,22,23,24,25);(H,6,7). The van der Waals surface area contributed by atoms with Crippen LogP contribution in [-0.4, -0.2) is 31.8 Å². The number of aryl methyl sites for hydroxylation is 1. The molecular formula is C23H18F3N5O2. The van der Waals surface area contributed by atoms with Gasteiger partial charge in [0.15, 0.2) is 0 Å². The van der Waals surface area contributed by atoms with Crippen LogP contribution < -0.4 is 11.5 Å². The summed E-state index contributed by atoms with van der Waals surface area (Å²) in [7, 11) is 2.03. The maximum Gasteiger partial charge on any atom is 0.490 e. The topological polar surface area (TPSA) is 120 Å². The van der Waals surface area contributed by atoms with Crippen LogP contribution in [0.25, 0.3) is 43.7 Å². The number of carbonyl (C=O) groups is 1. The van der Waals surface area contributed by atoms with Crippen LogP contribution in [0.5, 0.6) is 0 Å². The molecule has 0 atom stereocenters. The van der Waals surface area contributed by atoms with Crippen LogP contribution in [0.3, 0.4) is 0 Å². The molecule has 5 aromatic rings. The predicted molar refractivity (Wildman–Crippen MR) is 121 cm³/mol. The third kappa shape index (κ3) is 4.10. The molecule has 5 N–H and O–H groups in total. The molecule has 0 bridgehead atoms. The molecule has 0 unspecified atom stereocenters. The number of carboxylic acids is 1. The van der Waals surface area contributed by atoms with Gasteiger partial charge in [-0.1, -0.05) is 36.4 Å². The Hall–Kier alpha value is -4.34. The lowest BCUT2D eigenvalue weighted by Gasteiger charge is -2.12. The normalized spacial score (nSPS) is 11.5. The monoisotopic (exact) mass is 453 g/mol. The predicted octanol–water partition coefficient (Wildman–Crippen LogP) is 4.74. The van der Waals surface area contributed by atoms with Crippen molar-refractivity contribution in [2.24, 2.45) is 7.05 Å². The molecule has 5 rings (SSSR count). The third-order valence-electron chi connectivity index (χ3n) is 5.16. The number of aromatic nitrogens is 3. The van der Waals surface area contributed by atoms with Crippen molar-refractivity contribution >= 4 is 50.3 Å². The molecule has 0 saturated heterocycles. The first-order chi connectivity index (χ1) is 15.6. The number of fused-ring (bicyclic) bond motifs is 4. The number of benzene rings is 3. The minimum absolute atomic E-state index is 0.190. The Morgan fingerprint density at radius 3 is 2.33 bits per heavy atom. The molecule has 0 amide bonds. The summed E-state index contributed by atoms with van der Waals surface area (Å²) in [4.78, 5) is 17.5. The molecule has 33 heavy (non-hydrogen) atoms. The van der Waals surface area contributed by atoms with E-state index in [0.29, 0.717) is 5.82 Å². The first kappa shape index (κ1) is 21.9. The Morgan fingerprint density at radius 2 is 1.67 bits per heavy atom. The van der Waals surface area contributed by atoms with E-state index in [2.05, 4.69) is 69.1 Å². The summed E-state index contributed by atoms with van der Waals surface area (Å²) < 4.78 is 33.8. The number of alkyl halides is 3. The molecule has 0 spiro atoms. The van der Waals surface area contributed by atoms with Crippen molar-refractivity contribution in [3.63, 3.8) is 0 Å². The second-order valence-electron chi connectivity index (χ2n) is 7.34. The largest absolute Gasteiger partial charge is 0.490 e. The average Bonchev–Trinajstić information content (AvgIpc) is 3.13. The van der Waals surface area contributed by atoms with Gasteiger partial charge >= 0.3 is 12.1 Å². The lowest BCUT2D eigenvalue weighted by molar-refractivity contribution is -0.192. The van der Waals surface area contributed by atoms with E-state index in [1.54, 1.807) is 0 Å². The fraction of sp³-hybridized carbons (Fsp3) is 0.0870. The molecule has 2 aromatic heterocycles. The SMILES string of the molecule is Cn1ccc2c3c(N)nc(N)nc3cc(-c3ccc4ccccc4c3)c21.O=C(O)C(F)(F)F. The summed E-state index contributed by atoms with van der Waals surface area (Å²) in [6.07, 6.45) is -3.05. The number of nitrogens with zero attached hydrogens (tertiary/aromatic N) is 3. The van der Waals surface area contributed by atoms with Gasteiger partial charge in [-0.05, 0) is 34.5 Å². The van der Waals surface area contributed by atoms with Gasteiger partial charge in [0.2, 0.25) is 5.95 Å². The quantitative estimate of drug-likeness (QED) is 0.337. The van der Waals surface area contributed by atoms with E-state index in [1.165, 1.54) is 10.8 Å². The molecule has 2 heterocycles. The lowest BCUT2D eigenvalue weighted by Crippen LogP contribution is -2.21. The van der Waals surface area contributed by atoms with Crippen LogP contribution in [0.1, 0.15) is 0 Å². The van der Waals surface area contributed by atoms with Gasteiger partial charge in [-0.15, -0.1) is 0 Å². The van der Waals surface area contributed by atoms with Crippen molar-refractivity contribution in [2.75, 3.05) is 11.5 Å². The summed E-state index contributed by atoms with van der Waals surface area (Å²) >= 11 is 0. The van der Waals surface area contributed by atoms with Crippen LogP contribution in [0.4, 0.5) is 24.9 Å². The highest BCUT2D eigenvalue weighted by atomic mass is 19.4. The first-order valence-corrected chi connectivity index (χ1v) is 9.66. The summed E-state index contributed by atoms with van der Waals surface area (Å²) in [5.74, 6) is -2.16. The molecule has 7 nitrogen and oxygen atoms in total. The highest BCUT2D eigenvalue weighted by molar-refractivity contribution is 6.15. The summed E-state index contributed by atoms with van der Waals surface area (Å²) in [6, 6.07) is 18.9. The van der Waals surface area contributed by atoms with Gasteiger partial charge in [-0.25, -0.2) is 9.78 Å². The van der Waals surface area contributed by atoms with Crippen molar-refractivity contribution in [1.29, 1.82) is 0 Å². The minimum atomic E-state index is -5.08. The highest BCUT2D eigenvalue weighted by Crippen LogP contribution is 2.37. The van der Waals surface area contributed by atoms with Gasteiger partial charge < -0.3 is 21.1 Å². The Balaban J connectivity index is 0.000000325. The van der Waals surface area contributed by atoms with Crippen molar-refractivity contribution in [3.05, 3.63) is 60.8 Å². The van der Waals surface area contributed by atoms with Crippen molar-refractivity contribution in [2.45, 2.75) is 6.18 Å². The van der Waals surface area contributed by atoms with Gasteiger partial charge in [0.05, 0.1) is 16.4 Å². The average molecular weight is 453 g/mol. The molecular weight excluding hydrogens is 435 g/mol. The number of halogens is 3. The number of hydrogen-bond acceptors (Lipinski definition) is 5. The smallest absolute Gasteiger partial charge is 0.475 e. The lowest BCUT2D eigenvalue weighted by atomic mass is 9.97. The van der Waals surface area contributed by atoms with E-state index in [-0.39, 0.29) is 5.95 Å². The zero-order valence-corrected chi connectivity index (χ0v) is 17.3. The molecule has 0 saturated carbocycles. The van der Waals surface area contributed by atoms with Crippen LogP contribution in [-0.2, 0) is 11.8 Å². The van der Waals surface area contributed by atoms with Gasteiger partial charge in [0, 0.05) is 24.2 Å². The molecule has 0 aliphatic carbocycles. The van der Waals surface area contributed by atoms with Gasteiger partial charge in [-0.3, -0.25) is 0 Å². The minimum Gasteiger partial charge on any atom is -0.475 e. The number of aliphatic carboxylic acids is 1. The number of nitrogen functional groups attached to an aromatic ring is 2. The first-order valence-electron chi connectivity index (χ1n) is 9.66. The molecule has 0 aliphatic heterocycles. The van der Waals surface area contributed by atoms with E-state index in [0.717, 1.165) is 32.9 Å². The van der Waals surface area contributed by atoms with E-state index in [4.69, 9.17) is 21.4 Å². The van der Waals surface area contributed by atoms with Crippen LogP contribution in [0, 0.1) is 0 Å². The van der Waals surface area contributed by atoms with Crippen LogP contribution in [0.15, 0.2) is 60.8 Å². The molecule has 3 aromatic carbocycles. The van der Waals surface area contributed by atoms with Gasteiger partial charge in [0.1, 0.15) is 5.82 Å². The second kappa shape index (κ2) is 7.97. The zero-order valence-electron chi connectivity index (χ0n) is 17.3. The zero-order chi connectivity index (χ0) is 23.9. The van der Waals surface area contributed by atoms with Crippen LogP contribution >= 0.6 is 0 Å². The van der Waals surface area contributed by atoms with E-state index < -0.39 is 12.1 Å². The van der Waals surface area contributed by atoms with Crippen molar-refractivity contribution < 1.29 is 23.1 Å². The summed E-state index contributed by atoms with van der Waals surface area (Å²) in [5.41, 5.74) is 16.1. The van der Waals surface area contributed by atoms with E-state index >= 15 is 0 Å². The van der Waals surface area contributed by atoms with E-state index in [1.807, 2.05) is 13.2 Å². The fourth-order valence-electron chi connectivity index (χ4n) is 3.74. The molecule has 0 radical (unpaired) electrons. The number of nitrogens with two attached hydrogens (primary N) is 2. The second-order valence-corrected chi connectivity index (χ2v) is 7.34. The number of rotatable bonds is 1. The summed E-state index contributed by atoms with van der Waals surface area (Å²) in [5, 5.41) is 11.4. The van der Waals surface area contributed by atoms with Gasteiger partial charge in [0.25, 0.3) is 0 Å². The Labute approximate surface area is 185 Å². The van der Waals surface area contributed by atoms with Crippen molar-refractivity contribution in [3.8, 4) is 11.1 Å². The number of hydrogen-bond donors (Lipinski definition) is 3. The molecule has 10 heteroatoms. The molecule has 0 fully saturated rings. The fourth-order valence-corrected chi connectivity index (χ4v) is 3.74. The van der Waals surface area contributed by atoms with Crippen LogP contribution in [0.2, 0.25) is 0 Å². The molecule has 0 aliphatic rings. The van der Waals surface area contributed by atoms with E-state index in [9.17, 15) is 13.2 Å².